The van der Waals surface area contributed by atoms with Crippen molar-refractivity contribution < 1.29 is 9.21 Å². The third-order valence-electron chi connectivity index (χ3n) is 4.67. The molecule has 2 aromatic carbocycles. The number of piperidine rings is 1. The standard InChI is InChI=1S/C19H19NO2/c1-13-15-10-9-14-7-3-4-8-16(14)18(15)22-17(13)19(21)20-11-5-2-6-12-20/h3-4,7-10H,2,5-6,11-12H2,1H3. The highest BCUT2D eigenvalue weighted by Crippen LogP contribution is 2.32. The molecule has 0 aliphatic carbocycles. The maximum atomic E-state index is 12.8. The number of carbonyl (C=O) groups excluding carboxylic acids is 1. The molecular formula is C19H19NO2. The van der Waals surface area contributed by atoms with Crippen LogP contribution in [0.5, 0.6) is 0 Å². The van der Waals surface area contributed by atoms with E-state index < -0.39 is 0 Å². The van der Waals surface area contributed by atoms with Crippen molar-refractivity contribution in [2.24, 2.45) is 0 Å². The molecule has 1 aromatic heterocycles. The first-order chi connectivity index (χ1) is 10.8. The highest BCUT2D eigenvalue weighted by Gasteiger charge is 2.24. The summed E-state index contributed by atoms with van der Waals surface area (Å²) in [7, 11) is 0. The topological polar surface area (TPSA) is 33.5 Å². The molecule has 1 aliphatic rings. The van der Waals surface area contributed by atoms with Crippen LogP contribution in [0.15, 0.2) is 40.8 Å². The Bertz CT molecular complexity index is 856. The molecule has 22 heavy (non-hydrogen) atoms. The van der Waals surface area contributed by atoms with Crippen LogP contribution >= 0.6 is 0 Å². The minimum absolute atomic E-state index is 0.0393. The molecule has 0 unspecified atom stereocenters. The van der Waals surface area contributed by atoms with E-state index in [2.05, 4.69) is 24.3 Å². The second-order valence-corrected chi connectivity index (χ2v) is 6.07. The van der Waals surface area contributed by atoms with Crippen LogP contribution in [-0.2, 0) is 0 Å². The highest BCUT2D eigenvalue weighted by molar-refractivity contribution is 6.08. The summed E-state index contributed by atoms with van der Waals surface area (Å²) in [5.41, 5.74) is 1.78. The second kappa shape index (κ2) is 5.16. The number of amides is 1. The van der Waals surface area contributed by atoms with Crippen molar-refractivity contribution in [2.45, 2.75) is 26.2 Å². The smallest absolute Gasteiger partial charge is 0.289 e. The summed E-state index contributed by atoms with van der Waals surface area (Å²) in [6.07, 6.45) is 3.40. The molecule has 112 valence electrons. The first kappa shape index (κ1) is 13.4. The van der Waals surface area contributed by atoms with E-state index >= 15 is 0 Å². The van der Waals surface area contributed by atoms with Gasteiger partial charge in [0.05, 0.1) is 0 Å². The van der Waals surface area contributed by atoms with Gasteiger partial charge >= 0.3 is 0 Å². The number of aryl methyl sites for hydroxylation is 1. The van der Waals surface area contributed by atoms with Crippen LogP contribution in [0.4, 0.5) is 0 Å². The van der Waals surface area contributed by atoms with Crippen molar-refractivity contribution in [3.05, 3.63) is 47.7 Å². The number of hydrogen-bond donors (Lipinski definition) is 0. The predicted octanol–water partition coefficient (Wildman–Crippen LogP) is 4.52. The van der Waals surface area contributed by atoms with Crippen LogP contribution in [0, 0.1) is 6.92 Å². The fraction of sp³-hybridized carbons (Fsp3) is 0.316. The van der Waals surface area contributed by atoms with E-state index in [1.807, 2.05) is 24.0 Å². The van der Waals surface area contributed by atoms with Gasteiger partial charge in [-0.1, -0.05) is 36.4 Å². The van der Waals surface area contributed by atoms with Crippen LogP contribution in [0.3, 0.4) is 0 Å². The number of carbonyl (C=O) groups is 1. The average Bonchev–Trinajstić information content (AvgIpc) is 2.92. The molecule has 1 fully saturated rings. The van der Waals surface area contributed by atoms with Gasteiger partial charge < -0.3 is 9.32 Å². The molecule has 1 saturated heterocycles. The molecule has 0 saturated carbocycles. The summed E-state index contributed by atoms with van der Waals surface area (Å²) in [6.45, 7) is 3.67. The zero-order valence-corrected chi connectivity index (χ0v) is 12.8. The van der Waals surface area contributed by atoms with E-state index in [1.165, 1.54) is 6.42 Å². The molecule has 1 aliphatic heterocycles. The van der Waals surface area contributed by atoms with Crippen LogP contribution in [0.1, 0.15) is 35.4 Å². The Morgan fingerprint density at radius 3 is 2.59 bits per heavy atom. The summed E-state index contributed by atoms with van der Waals surface area (Å²) < 4.78 is 6.04. The van der Waals surface area contributed by atoms with E-state index in [-0.39, 0.29) is 5.91 Å². The van der Waals surface area contributed by atoms with Gasteiger partial charge in [0.25, 0.3) is 5.91 Å². The molecule has 0 spiro atoms. The number of hydrogen-bond acceptors (Lipinski definition) is 2. The van der Waals surface area contributed by atoms with Crippen molar-refractivity contribution in [3.8, 4) is 0 Å². The van der Waals surface area contributed by atoms with Crippen molar-refractivity contribution in [3.63, 3.8) is 0 Å². The van der Waals surface area contributed by atoms with Gasteiger partial charge in [0.2, 0.25) is 0 Å². The minimum atomic E-state index is 0.0393. The number of furan rings is 1. The lowest BCUT2D eigenvalue weighted by Crippen LogP contribution is -2.35. The molecule has 0 bridgehead atoms. The summed E-state index contributed by atoms with van der Waals surface area (Å²) >= 11 is 0. The van der Waals surface area contributed by atoms with Crippen LogP contribution < -0.4 is 0 Å². The summed E-state index contributed by atoms with van der Waals surface area (Å²) in [5, 5.41) is 3.25. The van der Waals surface area contributed by atoms with Crippen LogP contribution in [0.25, 0.3) is 21.7 Å². The van der Waals surface area contributed by atoms with E-state index in [4.69, 9.17) is 4.42 Å². The molecule has 0 atom stereocenters. The first-order valence-electron chi connectivity index (χ1n) is 7.96. The van der Waals surface area contributed by atoms with E-state index in [0.717, 1.165) is 53.2 Å². The van der Waals surface area contributed by atoms with Crippen molar-refractivity contribution >= 4 is 27.6 Å². The second-order valence-electron chi connectivity index (χ2n) is 6.07. The van der Waals surface area contributed by atoms with Gasteiger partial charge in [0.1, 0.15) is 5.58 Å². The van der Waals surface area contributed by atoms with Gasteiger partial charge in [-0.3, -0.25) is 4.79 Å². The Hall–Kier alpha value is -2.29. The fourth-order valence-corrected chi connectivity index (χ4v) is 3.39. The largest absolute Gasteiger partial charge is 0.450 e. The SMILES string of the molecule is Cc1c(C(=O)N2CCCCC2)oc2c1ccc1ccccc12. The Balaban J connectivity index is 1.86. The van der Waals surface area contributed by atoms with E-state index in [1.54, 1.807) is 0 Å². The number of fused-ring (bicyclic) bond motifs is 3. The normalized spacial score (nSPS) is 15.6. The molecule has 3 aromatic rings. The average molecular weight is 293 g/mol. The monoisotopic (exact) mass is 293 g/mol. The van der Waals surface area contributed by atoms with Gasteiger partial charge in [0.15, 0.2) is 5.76 Å². The molecule has 3 heteroatoms. The highest BCUT2D eigenvalue weighted by atomic mass is 16.3. The maximum Gasteiger partial charge on any atom is 0.289 e. The molecule has 1 amide bonds. The number of rotatable bonds is 1. The number of nitrogens with zero attached hydrogens (tertiary/aromatic N) is 1. The van der Waals surface area contributed by atoms with Crippen LogP contribution in [0.2, 0.25) is 0 Å². The van der Waals surface area contributed by atoms with Gasteiger partial charge in [-0.15, -0.1) is 0 Å². The first-order valence-corrected chi connectivity index (χ1v) is 7.96. The maximum absolute atomic E-state index is 12.8. The van der Waals surface area contributed by atoms with Crippen molar-refractivity contribution in [2.75, 3.05) is 13.1 Å². The third-order valence-corrected chi connectivity index (χ3v) is 4.67. The molecule has 2 heterocycles. The van der Waals surface area contributed by atoms with Gasteiger partial charge in [-0.25, -0.2) is 0 Å². The van der Waals surface area contributed by atoms with Crippen molar-refractivity contribution in [1.82, 2.24) is 4.90 Å². The predicted molar refractivity (Wildman–Crippen MR) is 88.2 cm³/mol. The Labute approximate surface area is 129 Å². The third kappa shape index (κ3) is 2.00. The molecule has 0 N–H and O–H groups in total. The molecule has 0 radical (unpaired) electrons. The molecular weight excluding hydrogens is 274 g/mol. The Kier molecular flexibility index (Phi) is 3.14. The van der Waals surface area contributed by atoms with E-state index in [0.29, 0.717) is 5.76 Å². The summed E-state index contributed by atoms with van der Waals surface area (Å²) in [4.78, 5) is 14.7. The Morgan fingerprint density at radius 2 is 1.77 bits per heavy atom. The van der Waals surface area contributed by atoms with Gasteiger partial charge in [0, 0.05) is 29.4 Å². The number of benzene rings is 2. The van der Waals surface area contributed by atoms with Crippen LogP contribution in [-0.4, -0.2) is 23.9 Å². The lowest BCUT2D eigenvalue weighted by molar-refractivity contribution is 0.0693. The lowest BCUT2D eigenvalue weighted by atomic mass is 10.1. The Morgan fingerprint density at radius 1 is 1.00 bits per heavy atom. The quantitative estimate of drug-likeness (QED) is 0.661. The molecule has 4 rings (SSSR count). The summed E-state index contributed by atoms with van der Waals surface area (Å²) in [5.74, 6) is 0.547. The number of likely N-dealkylation sites (tertiary alicyclic amines) is 1. The van der Waals surface area contributed by atoms with Crippen molar-refractivity contribution in [1.29, 1.82) is 0 Å². The summed E-state index contributed by atoms with van der Waals surface area (Å²) in [6, 6.07) is 12.3. The fourth-order valence-electron chi connectivity index (χ4n) is 3.39. The van der Waals surface area contributed by atoms with E-state index in [9.17, 15) is 4.79 Å². The molecule has 3 nitrogen and oxygen atoms in total. The van der Waals surface area contributed by atoms with Gasteiger partial charge in [-0.2, -0.15) is 0 Å². The minimum Gasteiger partial charge on any atom is -0.450 e. The van der Waals surface area contributed by atoms with Gasteiger partial charge in [-0.05, 0) is 31.6 Å². The lowest BCUT2D eigenvalue weighted by Gasteiger charge is -2.25. The zero-order chi connectivity index (χ0) is 15.1. The zero-order valence-electron chi connectivity index (χ0n) is 12.8.